The predicted molar refractivity (Wildman–Crippen MR) is 87.4 cm³/mol. The average Bonchev–Trinajstić information content (AvgIpc) is 2.78. The van der Waals surface area contributed by atoms with Crippen LogP contribution in [0.1, 0.15) is 6.92 Å². The molecule has 0 aliphatic rings. The van der Waals surface area contributed by atoms with Gasteiger partial charge in [0, 0.05) is 11.6 Å². The van der Waals surface area contributed by atoms with Crippen molar-refractivity contribution < 1.29 is 116 Å². The fraction of sp³-hybridized carbons (Fsp3) is 0.765. The number of esters is 2. The van der Waals surface area contributed by atoms with Gasteiger partial charge in [0.1, 0.15) is 0 Å². The van der Waals surface area contributed by atoms with Gasteiger partial charge in [-0.1, -0.05) is 0 Å². The Balaban J connectivity index is 5.74. The lowest BCUT2D eigenvalue weighted by Crippen LogP contribution is -2.67. The van der Waals surface area contributed by atoms with Crippen molar-refractivity contribution in [3.05, 3.63) is 11.6 Å². The summed E-state index contributed by atoms with van der Waals surface area (Å²) in [7, 11) is 0. The van der Waals surface area contributed by atoms with Crippen LogP contribution in [0.2, 0.25) is 0 Å². The molecule has 0 fully saturated rings. The molecule has 0 unspecified atom stereocenters. The summed E-state index contributed by atoms with van der Waals surface area (Å²) in [4.78, 5) is 22.7. The second-order valence-corrected chi connectivity index (χ2v) is 7.86. The average molecular weight is 694 g/mol. The van der Waals surface area contributed by atoms with Gasteiger partial charge in [0.2, 0.25) is 0 Å². The molecule has 0 heterocycles. The van der Waals surface area contributed by atoms with Gasteiger partial charge in [0.15, 0.2) is 13.2 Å². The highest BCUT2D eigenvalue weighted by molar-refractivity contribution is 5.95. The highest BCUT2D eigenvalue weighted by Gasteiger charge is 2.88. The highest BCUT2D eigenvalue weighted by Crippen LogP contribution is 2.58. The van der Waals surface area contributed by atoms with Crippen LogP contribution in [0.15, 0.2) is 11.6 Å². The molecule has 26 heteroatoms. The zero-order valence-electron chi connectivity index (χ0n) is 19.4. The Morgan fingerprint density at radius 2 is 0.744 bits per heavy atom. The van der Waals surface area contributed by atoms with E-state index >= 15 is 0 Å². The van der Waals surface area contributed by atoms with Crippen molar-refractivity contribution in [2.45, 2.75) is 66.7 Å². The van der Waals surface area contributed by atoms with E-state index in [2.05, 4.69) is 9.47 Å². The minimum absolute atomic E-state index is 0.0943. The Hall–Kier alpha value is -2.86. The lowest BCUT2D eigenvalue weighted by molar-refractivity contribution is -0.423. The topological polar surface area (TPSA) is 52.6 Å². The van der Waals surface area contributed by atoms with Crippen LogP contribution in [0.4, 0.5) is 96.6 Å². The fourth-order valence-corrected chi connectivity index (χ4v) is 2.10. The molecule has 0 bridgehead atoms. The molecule has 0 aliphatic carbocycles. The third kappa shape index (κ3) is 6.79. The van der Waals surface area contributed by atoms with Crippen LogP contribution in [0.5, 0.6) is 0 Å². The van der Waals surface area contributed by atoms with E-state index in [0.29, 0.717) is 0 Å². The second kappa shape index (κ2) is 11.3. The predicted octanol–water partition coefficient (Wildman–Crippen LogP) is 7.23. The van der Waals surface area contributed by atoms with E-state index < -0.39 is 96.5 Å². The van der Waals surface area contributed by atoms with Gasteiger partial charge in [0.25, 0.3) is 0 Å². The Kier molecular flexibility index (Phi) is 10.5. The number of hydrogen-bond donors (Lipinski definition) is 0. The summed E-state index contributed by atoms with van der Waals surface area (Å²) in [5.41, 5.74) is -1.69. The molecule has 4 nitrogen and oxygen atoms in total. The van der Waals surface area contributed by atoms with Gasteiger partial charge >= 0.3 is 71.7 Å². The molecule has 254 valence electrons. The summed E-state index contributed by atoms with van der Waals surface area (Å²) < 4.78 is 289. The monoisotopic (exact) mass is 694 g/mol. The van der Waals surface area contributed by atoms with Crippen LogP contribution < -0.4 is 0 Å². The van der Waals surface area contributed by atoms with Crippen LogP contribution >= 0.6 is 0 Å². The van der Waals surface area contributed by atoms with Crippen LogP contribution in [0.3, 0.4) is 0 Å². The zero-order chi connectivity index (χ0) is 35.3. The number of carbonyl (C=O) groups is 2. The van der Waals surface area contributed by atoms with Crippen LogP contribution in [-0.4, -0.2) is 84.9 Å². The van der Waals surface area contributed by atoms with Crippen molar-refractivity contribution in [2.24, 2.45) is 0 Å². The number of hydrogen-bond acceptors (Lipinski definition) is 4. The Labute approximate surface area is 220 Å². The molecule has 0 aromatic carbocycles. The molecule has 0 N–H and O–H groups in total. The van der Waals surface area contributed by atoms with Crippen molar-refractivity contribution in [3.63, 3.8) is 0 Å². The third-order valence-electron chi connectivity index (χ3n) is 4.64. The standard InChI is InChI=1S/C17H8F22O4/c1-5(7(41)43-4-9(20,21)11(24,25)13(28,29)15(32,33)17(37,38)39)2-6(40)42-3-8(18,19)10(22,23)12(26,27)14(30,31)16(34,35)36/h2H,3-4H2,1H3/b5-2+. The summed E-state index contributed by atoms with van der Waals surface area (Å²) in [6.45, 7) is -6.86. The van der Waals surface area contributed by atoms with Crippen LogP contribution in [0.25, 0.3) is 0 Å². The lowest BCUT2D eigenvalue weighted by atomic mass is 9.98. The van der Waals surface area contributed by atoms with E-state index in [4.69, 9.17) is 0 Å². The third-order valence-corrected chi connectivity index (χ3v) is 4.64. The van der Waals surface area contributed by atoms with E-state index in [9.17, 15) is 106 Å². The number of halogens is 22. The van der Waals surface area contributed by atoms with Gasteiger partial charge in [-0.15, -0.1) is 0 Å². The summed E-state index contributed by atoms with van der Waals surface area (Å²) in [5, 5.41) is 0. The quantitative estimate of drug-likeness (QED) is 0.123. The lowest BCUT2D eigenvalue weighted by Gasteiger charge is -2.36. The maximum Gasteiger partial charge on any atom is 0.460 e. The second-order valence-electron chi connectivity index (χ2n) is 7.86. The molecule has 0 saturated carbocycles. The SMILES string of the molecule is C/C(=C\C(=O)OCC(F)(F)C(F)(F)C(F)(F)C(F)(F)C(F)(F)F)C(=O)OCC(F)(F)C(F)(F)C(F)(F)C(F)(F)C(F)(F)F. The normalized spacial score (nSPS) is 15.8. The minimum Gasteiger partial charge on any atom is -0.456 e. The minimum atomic E-state index is -7.92. The number of rotatable bonds is 12. The molecule has 0 spiro atoms. The molecule has 0 aliphatic heterocycles. The molecule has 43 heavy (non-hydrogen) atoms. The molecule has 0 atom stereocenters. The summed E-state index contributed by atoms with van der Waals surface area (Å²) in [6.07, 6.45) is -15.7. The Morgan fingerprint density at radius 3 is 1.02 bits per heavy atom. The first kappa shape index (κ1) is 40.1. The number of carbonyl (C=O) groups excluding carboxylic acids is 2. The van der Waals surface area contributed by atoms with Gasteiger partial charge in [-0.05, 0) is 6.92 Å². The maximum atomic E-state index is 13.5. The fourth-order valence-electron chi connectivity index (χ4n) is 2.10. The van der Waals surface area contributed by atoms with E-state index in [1.165, 1.54) is 0 Å². The Bertz CT molecular complexity index is 1070. The first-order chi connectivity index (χ1) is 18.4. The smallest absolute Gasteiger partial charge is 0.456 e. The van der Waals surface area contributed by atoms with Gasteiger partial charge in [-0.3, -0.25) is 0 Å². The molecule has 0 saturated heterocycles. The zero-order valence-corrected chi connectivity index (χ0v) is 19.4. The van der Waals surface area contributed by atoms with Crippen molar-refractivity contribution in [1.82, 2.24) is 0 Å². The van der Waals surface area contributed by atoms with Gasteiger partial charge < -0.3 is 9.47 Å². The van der Waals surface area contributed by atoms with E-state index in [1.54, 1.807) is 0 Å². The highest BCUT2D eigenvalue weighted by atomic mass is 19.4. The van der Waals surface area contributed by atoms with Crippen molar-refractivity contribution in [3.8, 4) is 0 Å². The largest absolute Gasteiger partial charge is 0.460 e. The van der Waals surface area contributed by atoms with Crippen LogP contribution in [-0.2, 0) is 19.1 Å². The van der Waals surface area contributed by atoms with Crippen LogP contribution in [0, 0.1) is 0 Å². The van der Waals surface area contributed by atoms with Gasteiger partial charge in [-0.2, -0.15) is 96.6 Å². The van der Waals surface area contributed by atoms with Crippen molar-refractivity contribution in [2.75, 3.05) is 13.2 Å². The Morgan fingerprint density at radius 1 is 0.465 bits per heavy atom. The molecule has 0 radical (unpaired) electrons. The first-order valence-electron chi connectivity index (χ1n) is 9.59. The van der Waals surface area contributed by atoms with Gasteiger partial charge in [-0.25, -0.2) is 9.59 Å². The molecular formula is C17H8F22O4. The van der Waals surface area contributed by atoms with Gasteiger partial charge in [0.05, 0.1) is 0 Å². The maximum absolute atomic E-state index is 13.5. The van der Waals surface area contributed by atoms with E-state index in [0.717, 1.165) is 0 Å². The van der Waals surface area contributed by atoms with Crippen molar-refractivity contribution >= 4 is 11.9 Å². The molecule has 0 aromatic rings. The molecule has 0 rings (SSSR count). The molecule has 0 aromatic heterocycles. The summed E-state index contributed by atoms with van der Waals surface area (Å²) >= 11 is 0. The van der Waals surface area contributed by atoms with E-state index in [1.807, 2.05) is 0 Å². The summed E-state index contributed by atoms with van der Waals surface area (Å²) in [5.74, 6) is -65.6. The number of alkyl halides is 22. The summed E-state index contributed by atoms with van der Waals surface area (Å²) in [6, 6.07) is 0. The molecular weight excluding hydrogens is 686 g/mol. The number of ether oxygens (including phenoxy) is 2. The van der Waals surface area contributed by atoms with Crippen molar-refractivity contribution in [1.29, 1.82) is 0 Å². The molecule has 0 amide bonds. The van der Waals surface area contributed by atoms with E-state index in [-0.39, 0.29) is 6.92 Å². The first-order valence-corrected chi connectivity index (χ1v) is 9.59.